The summed E-state index contributed by atoms with van der Waals surface area (Å²) in [5, 5.41) is 0. The van der Waals surface area contributed by atoms with Crippen LogP contribution in [0, 0.1) is 0 Å². The topological polar surface area (TPSA) is 17.1 Å². The molecule has 0 saturated carbocycles. The Labute approximate surface area is 131 Å². The Hall–Kier alpha value is -2.41. The molecule has 0 fully saturated rings. The number of carbonyl (C=O) groups excluding carboxylic acids is 1. The number of hydrogen-bond donors (Lipinski definition) is 0. The molecule has 0 heterocycles. The van der Waals surface area contributed by atoms with Crippen LogP contribution in [-0.4, -0.2) is 5.78 Å². The van der Waals surface area contributed by atoms with Crippen LogP contribution in [0.3, 0.4) is 0 Å². The van der Waals surface area contributed by atoms with E-state index in [4.69, 9.17) is 0 Å². The van der Waals surface area contributed by atoms with Gasteiger partial charge in [0.05, 0.1) is 11.8 Å². The molecule has 0 N–H and O–H groups in total. The van der Waals surface area contributed by atoms with Gasteiger partial charge in [-0.15, -0.1) is 0 Å². The molecule has 1 nitrogen and oxygen atoms in total. The van der Waals surface area contributed by atoms with Crippen molar-refractivity contribution in [2.45, 2.75) is 25.7 Å². The van der Waals surface area contributed by atoms with E-state index in [1.807, 2.05) is 24.3 Å². The minimum atomic E-state index is -0.101. The number of fused-ring (bicyclic) bond motifs is 2. The van der Waals surface area contributed by atoms with Crippen LogP contribution < -0.4 is 0 Å². The van der Waals surface area contributed by atoms with Crippen molar-refractivity contribution in [3.63, 3.8) is 0 Å². The first kappa shape index (κ1) is 13.3. The smallest absolute Gasteiger partial charge is 0.155 e. The predicted molar refractivity (Wildman–Crippen MR) is 90.7 cm³/mol. The van der Waals surface area contributed by atoms with Crippen molar-refractivity contribution in [1.29, 1.82) is 0 Å². The Kier molecular flexibility index (Phi) is 2.90. The molecule has 2 aromatic carbocycles. The van der Waals surface area contributed by atoms with Crippen LogP contribution >= 0.6 is 0 Å². The monoisotopic (exact) mass is 286 g/mol. The molecular weight excluding hydrogens is 268 g/mol. The van der Waals surface area contributed by atoms with E-state index in [1.54, 1.807) is 0 Å². The molecule has 0 radical (unpaired) electrons. The van der Waals surface area contributed by atoms with E-state index in [1.165, 1.54) is 11.1 Å². The molecule has 2 aromatic rings. The highest BCUT2D eigenvalue weighted by Crippen LogP contribution is 2.44. The van der Waals surface area contributed by atoms with Gasteiger partial charge in [0.1, 0.15) is 0 Å². The Balaban J connectivity index is 1.78. The lowest BCUT2D eigenvalue weighted by Gasteiger charge is -2.20. The standard InChI is InChI=1S/C21H18O/c1-13-11-15-7-3-5-9-17(15)19(13)21(22)20-14(2)12-16-8-4-6-10-18(16)20/h3-12,19-20H,1-2H3/t19-,20-/m0/s1. The molecule has 2 atom stereocenters. The third kappa shape index (κ3) is 1.82. The number of ketones is 1. The number of allylic oxidation sites excluding steroid dienone is 2. The van der Waals surface area contributed by atoms with Crippen molar-refractivity contribution in [3.8, 4) is 0 Å². The zero-order valence-electron chi connectivity index (χ0n) is 12.8. The first-order valence-corrected chi connectivity index (χ1v) is 7.75. The van der Waals surface area contributed by atoms with Crippen molar-refractivity contribution in [3.05, 3.63) is 81.9 Å². The maximum atomic E-state index is 13.3. The van der Waals surface area contributed by atoms with Crippen molar-refractivity contribution in [2.24, 2.45) is 0 Å². The third-order valence-corrected chi connectivity index (χ3v) is 4.86. The van der Waals surface area contributed by atoms with Gasteiger partial charge in [0.15, 0.2) is 5.78 Å². The highest BCUT2D eigenvalue weighted by atomic mass is 16.1. The highest BCUT2D eigenvalue weighted by molar-refractivity contribution is 6.02. The Morgan fingerprint density at radius 3 is 1.59 bits per heavy atom. The molecule has 0 aromatic heterocycles. The minimum Gasteiger partial charge on any atom is -0.298 e. The van der Waals surface area contributed by atoms with Gasteiger partial charge in [-0.1, -0.05) is 71.8 Å². The van der Waals surface area contributed by atoms with Crippen LogP contribution in [0.4, 0.5) is 0 Å². The average Bonchev–Trinajstić information content (AvgIpc) is 3.01. The minimum absolute atomic E-state index is 0.101. The zero-order chi connectivity index (χ0) is 15.3. The van der Waals surface area contributed by atoms with Crippen molar-refractivity contribution >= 4 is 17.9 Å². The summed E-state index contributed by atoms with van der Waals surface area (Å²) in [7, 11) is 0. The summed E-state index contributed by atoms with van der Waals surface area (Å²) in [6.07, 6.45) is 4.30. The zero-order valence-corrected chi connectivity index (χ0v) is 12.8. The van der Waals surface area contributed by atoms with Crippen molar-refractivity contribution < 1.29 is 4.79 Å². The Morgan fingerprint density at radius 1 is 0.727 bits per heavy atom. The quantitative estimate of drug-likeness (QED) is 0.763. The number of rotatable bonds is 2. The number of hydrogen-bond acceptors (Lipinski definition) is 1. The second kappa shape index (κ2) is 4.81. The second-order valence-corrected chi connectivity index (χ2v) is 6.30. The van der Waals surface area contributed by atoms with Crippen LogP contribution in [0.15, 0.2) is 59.7 Å². The van der Waals surface area contributed by atoms with E-state index in [2.05, 4.69) is 50.3 Å². The van der Waals surface area contributed by atoms with E-state index in [0.29, 0.717) is 5.78 Å². The summed E-state index contributed by atoms with van der Waals surface area (Å²) < 4.78 is 0. The summed E-state index contributed by atoms with van der Waals surface area (Å²) in [6.45, 7) is 4.14. The molecule has 0 unspecified atom stereocenters. The number of Topliss-reactive ketones (excluding diaryl/α,β-unsaturated/α-hetero) is 1. The average molecular weight is 286 g/mol. The van der Waals surface area contributed by atoms with E-state index < -0.39 is 0 Å². The third-order valence-electron chi connectivity index (χ3n) is 4.86. The van der Waals surface area contributed by atoms with Gasteiger partial charge in [-0.3, -0.25) is 4.79 Å². The van der Waals surface area contributed by atoms with Gasteiger partial charge < -0.3 is 0 Å². The van der Waals surface area contributed by atoms with Crippen LogP contribution in [-0.2, 0) is 4.79 Å². The Bertz CT molecular complexity index is 769. The molecule has 2 aliphatic rings. The van der Waals surface area contributed by atoms with Crippen molar-refractivity contribution in [2.75, 3.05) is 0 Å². The summed E-state index contributed by atoms with van der Waals surface area (Å²) in [5.41, 5.74) is 6.99. The van der Waals surface area contributed by atoms with Crippen molar-refractivity contribution in [1.82, 2.24) is 0 Å². The Morgan fingerprint density at radius 2 is 1.14 bits per heavy atom. The molecule has 0 bridgehead atoms. The van der Waals surface area contributed by atoms with Gasteiger partial charge in [-0.05, 0) is 36.1 Å². The normalized spacial score (nSPS) is 21.9. The maximum Gasteiger partial charge on any atom is 0.155 e. The van der Waals surface area contributed by atoms with Crippen LogP contribution in [0.2, 0.25) is 0 Å². The SMILES string of the molecule is CC1=Cc2ccccc2[C@H]1C(=O)[C@H]1C(C)=Cc2ccccc21. The summed E-state index contributed by atoms with van der Waals surface area (Å²) in [5.74, 6) is 0.101. The van der Waals surface area contributed by atoms with Gasteiger partial charge in [0.25, 0.3) is 0 Å². The predicted octanol–water partition coefficient (Wildman–Crippen LogP) is 4.96. The molecule has 108 valence electrons. The second-order valence-electron chi connectivity index (χ2n) is 6.30. The fourth-order valence-corrected chi connectivity index (χ4v) is 3.88. The first-order chi connectivity index (χ1) is 10.7. The van der Waals surface area contributed by atoms with E-state index in [9.17, 15) is 4.79 Å². The molecule has 4 rings (SSSR count). The lowest BCUT2D eigenvalue weighted by molar-refractivity contribution is -0.120. The number of carbonyl (C=O) groups is 1. The molecule has 0 amide bonds. The van der Waals surface area contributed by atoms with Gasteiger partial charge in [-0.2, -0.15) is 0 Å². The van der Waals surface area contributed by atoms with Gasteiger partial charge >= 0.3 is 0 Å². The van der Waals surface area contributed by atoms with E-state index >= 15 is 0 Å². The summed E-state index contributed by atoms with van der Waals surface area (Å²) in [4.78, 5) is 13.3. The molecule has 0 saturated heterocycles. The molecule has 0 spiro atoms. The fraction of sp³-hybridized carbons (Fsp3) is 0.190. The molecule has 22 heavy (non-hydrogen) atoms. The van der Waals surface area contributed by atoms with Crippen LogP contribution in [0.5, 0.6) is 0 Å². The van der Waals surface area contributed by atoms with Crippen LogP contribution in [0.1, 0.15) is 47.9 Å². The molecule has 1 heteroatoms. The van der Waals surface area contributed by atoms with Gasteiger partial charge in [-0.25, -0.2) is 0 Å². The van der Waals surface area contributed by atoms with Crippen LogP contribution in [0.25, 0.3) is 12.2 Å². The summed E-state index contributed by atoms with van der Waals surface area (Å²) in [6, 6.07) is 16.5. The lowest BCUT2D eigenvalue weighted by atomic mass is 9.81. The molecule has 0 aliphatic heterocycles. The van der Waals surface area contributed by atoms with E-state index in [-0.39, 0.29) is 11.8 Å². The van der Waals surface area contributed by atoms with Gasteiger partial charge in [0, 0.05) is 0 Å². The maximum absolute atomic E-state index is 13.3. The lowest BCUT2D eigenvalue weighted by Crippen LogP contribution is -2.20. The molecule has 2 aliphatic carbocycles. The van der Waals surface area contributed by atoms with E-state index in [0.717, 1.165) is 22.3 Å². The fourth-order valence-electron chi connectivity index (χ4n) is 3.88. The van der Waals surface area contributed by atoms with Gasteiger partial charge in [0.2, 0.25) is 0 Å². The largest absolute Gasteiger partial charge is 0.298 e. The first-order valence-electron chi connectivity index (χ1n) is 7.75. The summed E-state index contributed by atoms with van der Waals surface area (Å²) >= 11 is 0. The molecular formula is C21H18O. The number of benzene rings is 2. The highest BCUT2D eigenvalue weighted by Gasteiger charge is 2.37.